The van der Waals surface area contributed by atoms with Crippen molar-refractivity contribution in [3.05, 3.63) is 29.5 Å². The van der Waals surface area contributed by atoms with Crippen molar-refractivity contribution in [1.82, 2.24) is 0 Å². The molecular formula is C17H26N4O2. The number of nitrogen functional groups attached to an aromatic ring is 1. The molecule has 0 amide bonds. The number of benzene rings is 1. The third-order valence-electron chi connectivity index (χ3n) is 3.16. The molecule has 0 aromatic heterocycles. The van der Waals surface area contributed by atoms with Crippen molar-refractivity contribution in [2.75, 3.05) is 12.3 Å². The highest BCUT2D eigenvalue weighted by Crippen LogP contribution is 2.30. The van der Waals surface area contributed by atoms with E-state index in [9.17, 15) is 5.11 Å². The van der Waals surface area contributed by atoms with Crippen LogP contribution >= 0.6 is 0 Å². The summed E-state index contributed by atoms with van der Waals surface area (Å²) in [5.74, 6) is 0.812. The fourth-order valence-corrected chi connectivity index (χ4v) is 1.96. The predicted molar refractivity (Wildman–Crippen MR) is 95.8 cm³/mol. The van der Waals surface area contributed by atoms with Crippen molar-refractivity contribution in [3.63, 3.8) is 0 Å². The second kappa shape index (κ2) is 8.22. The van der Waals surface area contributed by atoms with E-state index < -0.39 is 0 Å². The van der Waals surface area contributed by atoms with Crippen LogP contribution in [0.3, 0.4) is 0 Å². The van der Waals surface area contributed by atoms with E-state index in [-0.39, 0.29) is 23.2 Å². The average Bonchev–Trinajstić information content (AvgIpc) is 2.47. The highest BCUT2D eigenvalue weighted by molar-refractivity contribution is 6.07. The Labute approximate surface area is 137 Å². The van der Waals surface area contributed by atoms with E-state index >= 15 is 0 Å². The summed E-state index contributed by atoms with van der Waals surface area (Å²) in [6.45, 7) is 7.95. The van der Waals surface area contributed by atoms with E-state index in [0.29, 0.717) is 35.7 Å². The molecule has 126 valence electrons. The van der Waals surface area contributed by atoms with Gasteiger partial charge in [0.1, 0.15) is 23.0 Å². The van der Waals surface area contributed by atoms with Crippen molar-refractivity contribution in [3.8, 4) is 5.75 Å². The van der Waals surface area contributed by atoms with Gasteiger partial charge >= 0.3 is 0 Å². The monoisotopic (exact) mass is 318 g/mol. The molecule has 1 rings (SSSR count). The molecule has 0 saturated heterocycles. The highest BCUT2D eigenvalue weighted by Gasteiger charge is 2.13. The second-order valence-electron chi connectivity index (χ2n) is 5.71. The van der Waals surface area contributed by atoms with E-state index in [0.717, 1.165) is 0 Å². The van der Waals surface area contributed by atoms with Crippen molar-refractivity contribution < 1.29 is 9.84 Å². The van der Waals surface area contributed by atoms with Gasteiger partial charge in [-0.25, -0.2) is 4.99 Å². The molecule has 0 aliphatic carbocycles. The minimum atomic E-state index is -0.131. The van der Waals surface area contributed by atoms with Crippen LogP contribution in [0.1, 0.15) is 34.1 Å². The summed E-state index contributed by atoms with van der Waals surface area (Å²) < 4.78 is 5.50. The van der Waals surface area contributed by atoms with Gasteiger partial charge in [0, 0.05) is 17.3 Å². The molecule has 6 nitrogen and oxygen atoms in total. The quantitative estimate of drug-likeness (QED) is 0.266. The summed E-state index contributed by atoms with van der Waals surface area (Å²) in [7, 11) is 0. The summed E-state index contributed by atoms with van der Waals surface area (Å²) in [4.78, 5) is 4.30. The van der Waals surface area contributed by atoms with E-state index in [1.807, 2.05) is 20.8 Å². The number of ether oxygens (including phenoxy) is 1. The molecule has 6 N–H and O–H groups in total. The molecule has 23 heavy (non-hydrogen) atoms. The van der Waals surface area contributed by atoms with Gasteiger partial charge in [-0.2, -0.15) is 0 Å². The van der Waals surface area contributed by atoms with Crippen LogP contribution in [0.4, 0.5) is 11.4 Å². The lowest BCUT2D eigenvalue weighted by Crippen LogP contribution is -2.18. The maximum atomic E-state index is 10.1. The van der Waals surface area contributed by atoms with Gasteiger partial charge in [0.15, 0.2) is 0 Å². The molecule has 6 heteroatoms. The van der Waals surface area contributed by atoms with Gasteiger partial charge in [-0.1, -0.05) is 13.8 Å². The predicted octanol–water partition coefficient (Wildman–Crippen LogP) is 3.55. The normalized spacial score (nSPS) is 13.0. The number of anilines is 1. The topological polar surface area (TPSA) is 118 Å². The lowest BCUT2D eigenvalue weighted by molar-refractivity contribution is 0.341. The molecule has 0 atom stereocenters. The van der Waals surface area contributed by atoms with E-state index in [4.69, 9.17) is 21.6 Å². The first-order chi connectivity index (χ1) is 10.8. The molecule has 0 unspecified atom stereocenters. The lowest BCUT2D eigenvalue weighted by Gasteiger charge is -2.11. The van der Waals surface area contributed by atoms with Gasteiger partial charge < -0.3 is 26.7 Å². The Balaban J connectivity index is 3.15. The number of aliphatic hydroxyl groups is 1. The van der Waals surface area contributed by atoms with Crippen LogP contribution < -0.4 is 16.2 Å². The standard InChI is InChI=1S/C17H26N4O2/c1-5-23-15-9-12(18)6-7-14(15)21-17(20)11(4)16(22)13(19)8-10(2)3/h6-7,9-10,19,22H,5,8,18H2,1-4H3,(H2,20,21)/b16-11-,19-13?. The molecule has 0 fully saturated rings. The first-order valence-electron chi connectivity index (χ1n) is 7.60. The van der Waals surface area contributed by atoms with Crippen LogP contribution in [0.25, 0.3) is 0 Å². The van der Waals surface area contributed by atoms with Crippen LogP contribution in [0.5, 0.6) is 5.75 Å². The van der Waals surface area contributed by atoms with Crippen molar-refractivity contribution >= 4 is 22.9 Å². The summed E-state index contributed by atoms with van der Waals surface area (Å²) in [5.41, 5.74) is 13.3. The summed E-state index contributed by atoms with van der Waals surface area (Å²) in [6.07, 6.45) is 0.475. The van der Waals surface area contributed by atoms with Crippen LogP contribution in [-0.2, 0) is 0 Å². The van der Waals surface area contributed by atoms with Crippen LogP contribution in [0.2, 0.25) is 0 Å². The molecule has 0 aliphatic rings. The number of aliphatic hydroxyl groups excluding tert-OH is 1. The fourth-order valence-electron chi connectivity index (χ4n) is 1.96. The number of amidine groups is 1. The zero-order valence-electron chi connectivity index (χ0n) is 14.2. The van der Waals surface area contributed by atoms with Gasteiger partial charge in [0.2, 0.25) is 0 Å². The van der Waals surface area contributed by atoms with Crippen molar-refractivity contribution in [2.24, 2.45) is 16.6 Å². The Bertz CT molecular complexity index is 633. The first-order valence-corrected chi connectivity index (χ1v) is 7.60. The molecule has 0 saturated carbocycles. The van der Waals surface area contributed by atoms with E-state index in [1.54, 1.807) is 25.1 Å². The zero-order chi connectivity index (χ0) is 17.6. The third kappa shape index (κ3) is 5.32. The smallest absolute Gasteiger partial charge is 0.147 e. The van der Waals surface area contributed by atoms with Gasteiger partial charge in [-0.3, -0.25) is 0 Å². The molecular weight excluding hydrogens is 292 g/mol. The lowest BCUT2D eigenvalue weighted by atomic mass is 10.0. The molecule has 0 spiro atoms. The second-order valence-corrected chi connectivity index (χ2v) is 5.71. The number of nitrogens with two attached hydrogens (primary N) is 2. The Morgan fingerprint density at radius 2 is 2.04 bits per heavy atom. The van der Waals surface area contributed by atoms with Crippen LogP contribution in [0, 0.1) is 11.3 Å². The number of nitrogens with one attached hydrogen (secondary N) is 1. The molecule has 1 aromatic carbocycles. The number of hydrogen-bond acceptors (Lipinski definition) is 5. The molecule has 0 aliphatic heterocycles. The molecule has 0 radical (unpaired) electrons. The SMILES string of the molecule is CCOc1cc(N)ccc1N=C(N)/C(C)=C(\O)C(=N)CC(C)C. The Kier molecular flexibility index (Phi) is 6.63. The van der Waals surface area contributed by atoms with Crippen molar-refractivity contribution in [1.29, 1.82) is 5.41 Å². The van der Waals surface area contributed by atoms with Gasteiger partial charge in [0.05, 0.1) is 12.3 Å². The number of nitrogens with zero attached hydrogens (tertiary/aromatic N) is 1. The van der Waals surface area contributed by atoms with E-state index in [1.165, 1.54) is 0 Å². The van der Waals surface area contributed by atoms with E-state index in [2.05, 4.69) is 4.99 Å². The Morgan fingerprint density at radius 3 is 2.61 bits per heavy atom. The Morgan fingerprint density at radius 1 is 1.39 bits per heavy atom. The number of allylic oxidation sites excluding steroid dienone is 1. The maximum absolute atomic E-state index is 10.1. The minimum absolute atomic E-state index is 0.131. The number of rotatable bonds is 7. The molecule has 1 aromatic rings. The zero-order valence-corrected chi connectivity index (χ0v) is 14.2. The van der Waals surface area contributed by atoms with Crippen molar-refractivity contribution in [2.45, 2.75) is 34.1 Å². The maximum Gasteiger partial charge on any atom is 0.147 e. The fraction of sp³-hybridized carbons (Fsp3) is 0.412. The third-order valence-corrected chi connectivity index (χ3v) is 3.16. The average molecular weight is 318 g/mol. The summed E-state index contributed by atoms with van der Waals surface area (Å²) in [6, 6.07) is 5.08. The molecule has 0 bridgehead atoms. The van der Waals surface area contributed by atoms with Gasteiger partial charge in [-0.15, -0.1) is 0 Å². The first kappa shape index (κ1) is 18.5. The molecule has 0 heterocycles. The summed E-state index contributed by atoms with van der Waals surface area (Å²) in [5, 5.41) is 18.0. The highest BCUT2D eigenvalue weighted by atomic mass is 16.5. The summed E-state index contributed by atoms with van der Waals surface area (Å²) >= 11 is 0. The van der Waals surface area contributed by atoms with Crippen LogP contribution in [-0.4, -0.2) is 23.3 Å². The number of aliphatic imine (C=N–C) groups is 1. The van der Waals surface area contributed by atoms with Gasteiger partial charge in [-0.05, 0) is 38.3 Å². The Hall–Kier alpha value is -2.50. The van der Waals surface area contributed by atoms with Gasteiger partial charge in [0.25, 0.3) is 0 Å². The number of hydrogen-bond donors (Lipinski definition) is 4. The van der Waals surface area contributed by atoms with Crippen LogP contribution in [0.15, 0.2) is 34.5 Å². The minimum Gasteiger partial charge on any atom is -0.506 e. The largest absolute Gasteiger partial charge is 0.506 e.